The summed E-state index contributed by atoms with van der Waals surface area (Å²) in [5.74, 6) is 4.28. The molecule has 20 heavy (non-hydrogen) atoms. The van der Waals surface area contributed by atoms with Crippen LogP contribution >= 0.6 is 24.0 Å². The number of hydrogen-bond acceptors (Lipinski definition) is 2. The summed E-state index contributed by atoms with van der Waals surface area (Å²) < 4.78 is 39.4. The molecular weight excluding hydrogens is 314 g/mol. The molecule has 0 spiro atoms. The van der Waals surface area contributed by atoms with Gasteiger partial charge in [-0.3, -0.25) is 0 Å². The number of anilines is 1. The molecule has 110 valence electrons. The smallest absolute Gasteiger partial charge is 0.398 e. The maximum Gasteiger partial charge on any atom is 0.433 e. The van der Waals surface area contributed by atoms with Gasteiger partial charge in [0.1, 0.15) is 0 Å². The number of alkyl halides is 3. The fourth-order valence-corrected chi connectivity index (χ4v) is 1.74. The Morgan fingerprint density at radius 1 is 1.30 bits per heavy atom. The van der Waals surface area contributed by atoms with Gasteiger partial charge in [0.2, 0.25) is 5.60 Å². The Balaban J connectivity index is 0.00000200. The highest BCUT2D eigenvalue weighted by Gasteiger charge is 2.55. The van der Waals surface area contributed by atoms with Crippen LogP contribution in [0.1, 0.15) is 18.4 Å². The molecule has 0 unspecified atom stereocenters. The van der Waals surface area contributed by atoms with E-state index < -0.39 is 17.3 Å². The summed E-state index contributed by atoms with van der Waals surface area (Å²) in [5, 5.41) is 10.0. The molecule has 1 atom stereocenters. The molecule has 1 saturated carbocycles. The van der Waals surface area contributed by atoms with Crippen LogP contribution in [0.5, 0.6) is 0 Å². The first kappa shape index (κ1) is 17.0. The van der Waals surface area contributed by atoms with Gasteiger partial charge in [-0.1, -0.05) is 23.4 Å². The average Bonchev–Trinajstić information content (AvgIpc) is 3.11. The van der Waals surface area contributed by atoms with E-state index in [4.69, 9.17) is 17.3 Å². The van der Waals surface area contributed by atoms with Crippen molar-refractivity contribution >= 4 is 29.7 Å². The molecule has 0 saturated heterocycles. The SMILES string of the molecule is Cl.Nc1ccc(Cl)cc1[C@@](O)(C#CC1CC1)C(F)(F)F. The van der Waals surface area contributed by atoms with Crippen molar-refractivity contribution in [3.8, 4) is 11.8 Å². The molecule has 0 heterocycles. The molecule has 3 N–H and O–H groups in total. The molecule has 7 heteroatoms. The van der Waals surface area contributed by atoms with Crippen molar-refractivity contribution in [1.82, 2.24) is 0 Å². The lowest BCUT2D eigenvalue weighted by atomic mass is 9.92. The highest BCUT2D eigenvalue weighted by molar-refractivity contribution is 6.30. The van der Waals surface area contributed by atoms with E-state index >= 15 is 0 Å². The Bertz CT molecular complexity index is 561. The first-order valence-electron chi connectivity index (χ1n) is 5.61. The van der Waals surface area contributed by atoms with E-state index in [1.165, 1.54) is 12.1 Å². The molecule has 0 aromatic heterocycles. The van der Waals surface area contributed by atoms with Crippen LogP contribution in [-0.2, 0) is 5.60 Å². The van der Waals surface area contributed by atoms with Crippen molar-refractivity contribution in [1.29, 1.82) is 0 Å². The number of aliphatic hydroxyl groups is 1. The first-order valence-corrected chi connectivity index (χ1v) is 5.99. The lowest BCUT2D eigenvalue weighted by Crippen LogP contribution is -2.41. The minimum absolute atomic E-state index is 0. The van der Waals surface area contributed by atoms with Crippen LogP contribution in [0.4, 0.5) is 18.9 Å². The summed E-state index contributed by atoms with van der Waals surface area (Å²) in [6.07, 6.45) is -3.44. The van der Waals surface area contributed by atoms with E-state index in [0.29, 0.717) is 0 Å². The number of halogens is 5. The fourth-order valence-electron chi connectivity index (χ4n) is 1.57. The second-order valence-corrected chi connectivity index (χ2v) is 4.92. The van der Waals surface area contributed by atoms with Gasteiger partial charge in [-0.05, 0) is 31.0 Å². The lowest BCUT2D eigenvalue weighted by molar-refractivity contribution is -0.240. The van der Waals surface area contributed by atoms with Gasteiger partial charge in [-0.15, -0.1) is 12.4 Å². The first-order chi connectivity index (χ1) is 8.74. The topological polar surface area (TPSA) is 46.2 Å². The summed E-state index contributed by atoms with van der Waals surface area (Å²) >= 11 is 5.67. The minimum Gasteiger partial charge on any atom is -0.398 e. The quantitative estimate of drug-likeness (QED) is 0.613. The molecule has 1 aromatic carbocycles. The molecule has 1 fully saturated rings. The molecule has 2 rings (SSSR count). The van der Waals surface area contributed by atoms with Crippen molar-refractivity contribution in [3.05, 3.63) is 28.8 Å². The van der Waals surface area contributed by atoms with Crippen LogP contribution in [0, 0.1) is 17.8 Å². The Hall–Kier alpha value is -1.09. The molecule has 1 aromatic rings. The predicted molar refractivity (Wildman–Crippen MR) is 73.6 cm³/mol. The highest BCUT2D eigenvalue weighted by Crippen LogP contribution is 2.42. The zero-order valence-electron chi connectivity index (χ0n) is 10.2. The zero-order valence-corrected chi connectivity index (χ0v) is 11.7. The van der Waals surface area contributed by atoms with Crippen molar-refractivity contribution in [2.75, 3.05) is 5.73 Å². The molecule has 1 aliphatic carbocycles. The number of hydrogen-bond donors (Lipinski definition) is 2. The Kier molecular flexibility index (Phi) is 4.86. The van der Waals surface area contributed by atoms with Crippen molar-refractivity contribution in [3.63, 3.8) is 0 Å². The zero-order chi connectivity index (χ0) is 14.3. The van der Waals surface area contributed by atoms with Gasteiger partial charge in [-0.25, -0.2) is 0 Å². The third-order valence-corrected chi connectivity index (χ3v) is 3.09. The number of rotatable bonds is 1. The van der Waals surface area contributed by atoms with Crippen LogP contribution in [0.25, 0.3) is 0 Å². The van der Waals surface area contributed by atoms with Crippen molar-refractivity contribution < 1.29 is 18.3 Å². The summed E-state index contributed by atoms with van der Waals surface area (Å²) in [7, 11) is 0. The molecular formula is C13H12Cl2F3NO. The van der Waals surface area contributed by atoms with Gasteiger partial charge < -0.3 is 10.8 Å². The van der Waals surface area contributed by atoms with E-state index in [1.54, 1.807) is 0 Å². The summed E-state index contributed by atoms with van der Waals surface area (Å²) in [6.45, 7) is 0. The van der Waals surface area contributed by atoms with Gasteiger partial charge >= 0.3 is 6.18 Å². The maximum atomic E-state index is 13.1. The second kappa shape index (κ2) is 5.72. The van der Waals surface area contributed by atoms with Crippen LogP contribution in [0.15, 0.2) is 18.2 Å². The number of benzene rings is 1. The van der Waals surface area contributed by atoms with Crippen molar-refractivity contribution in [2.24, 2.45) is 5.92 Å². The fraction of sp³-hybridized carbons (Fsp3) is 0.385. The van der Waals surface area contributed by atoms with Gasteiger partial charge in [0.15, 0.2) is 0 Å². The Morgan fingerprint density at radius 3 is 2.40 bits per heavy atom. The standard InChI is InChI=1S/C13H11ClF3NO.ClH/c14-9-3-4-11(18)10(7-9)12(19,13(15,16)17)6-5-8-1-2-8;/h3-4,7-8,19H,1-2,18H2;1H/t12-;/m0./s1. The van der Waals surface area contributed by atoms with Gasteiger partial charge in [0.05, 0.1) is 0 Å². The van der Waals surface area contributed by atoms with Gasteiger partial charge in [0, 0.05) is 22.2 Å². The number of nitrogen functional groups attached to an aromatic ring is 1. The third-order valence-electron chi connectivity index (χ3n) is 2.85. The largest absolute Gasteiger partial charge is 0.433 e. The van der Waals surface area contributed by atoms with E-state index in [9.17, 15) is 18.3 Å². The molecule has 0 radical (unpaired) electrons. The summed E-state index contributed by atoms with van der Waals surface area (Å²) in [6, 6.07) is 3.56. The maximum absolute atomic E-state index is 13.1. The molecule has 0 bridgehead atoms. The van der Waals surface area contributed by atoms with E-state index in [0.717, 1.165) is 18.9 Å². The van der Waals surface area contributed by atoms with Crippen LogP contribution < -0.4 is 5.73 Å². The third kappa shape index (κ3) is 3.32. The second-order valence-electron chi connectivity index (χ2n) is 4.48. The molecule has 2 nitrogen and oxygen atoms in total. The highest BCUT2D eigenvalue weighted by atomic mass is 35.5. The van der Waals surface area contributed by atoms with Gasteiger partial charge in [-0.2, -0.15) is 13.2 Å². The van der Waals surface area contributed by atoms with E-state index in [2.05, 4.69) is 5.92 Å². The molecule has 0 aliphatic heterocycles. The van der Waals surface area contributed by atoms with E-state index in [1.807, 2.05) is 5.92 Å². The monoisotopic (exact) mass is 325 g/mol. The van der Waals surface area contributed by atoms with Crippen molar-refractivity contribution in [2.45, 2.75) is 24.6 Å². The summed E-state index contributed by atoms with van der Waals surface area (Å²) in [4.78, 5) is 0. The average molecular weight is 326 g/mol. The molecule has 0 amide bonds. The Labute approximate surface area is 125 Å². The van der Waals surface area contributed by atoms with Crippen LogP contribution in [-0.4, -0.2) is 11.3 Å². The number of nitrogens with two attached hydrogens (primary N) is 1. The van der Waals surface area contributed by atoms with Crippen LogP contribution in [0.3, 0.4) is 0 Å². The Morgan fingerprint density at radius 2 is 1.90 bits per heavy atom. The minimum atomic E-state index is -4.95. The summed E-state index contributed by atoms with van der Waals surface area (Å²) in [5.41, 5.74) is 1.49. The lowest BCUT2D eigenvalue weighted by Gasteiger charge is -2.27. The van der Waals surface area contributed by atoms with Gasteiger partial charge in [0.25, 0.3) is 0 Å². The predicted octanol–water partition coefficient (Wildman–Crippen LogP) is 3.51. The van der Waals surface area contributed by atoms with Crippen LogP contribution in [0.2, 0.25) is 5.02 Å². The van der Waals surface area contributed by atoms with E-state index in [-0.39, 0.29) is 29.0 Å². The normalized spacial score (nSPS) is 17.4. The molecule has 1 aliphatic rings.